The highest BCUT2D eigenvalue weighted by atomic mass is 32.2. The van der Waals surface area contributed by atoms with Crippen LogP contribution in [0.25, 0.3) is 4.96 Å². The van der Waals surface area contributed by atoms with Gasteiger partial charge in [-0.15, -0.1) is 22.7 Å². The third-order valence-corrected chi connectivity index (χ3v) is 6.09. The Morgan fingerprint density at radius 1 is 1.38 bits per heavy atom. The predicted octanol–water partition coefficient (Wildman–Crippen LogP) is 1.68. The van der Waals surface area contributed by atoms with Crippen molar-refractivity contribution in [3.05, 3.63) is 27.7 Å². The zero-order valence-electron chi connectivity index (χ0n) is 11.3. The number of nitrogens with one attached hydrogen (secondary N) is 2. The third-order valence-electron chi connectivity index (χ3n) is 2.98. The number of hydrogen-bond donors (Lipinski definition) is 2. The van der Waals surface area contributed by atoms with Gasteiger partial charge in [0.2, 0.25) is 0 Å². The summed E-state index contributed by atoms with van der Waals surface area (Å²) < 4.78 is 29.3. The van der Waals surface area contributed by atoms with Gasteiger partial charge in [-0.1, -0.05) is 0 Å². The number of aryl methyl sites for hydroxylation is 1. The van der Waals surface area contributed by atoms with Crippen LogP contribution in [0.3, 0.4) is 0 Å². The smallest absolute Gasteiger partial charge is 0.260 e. The number of anilines is 1. The minimum absolute atomic E-state index is 0.128. The SMILES string of the molecule is CNc1nc2sccn2c1S(=O)(=O)NCc1scnc1C. The molecule has 0 aliphatic heterocycles. The van der Waals surface area contributed by atoms with Gasteiger partial charge < -0.3 is 5.32 Å². The molecule has 0 radical (unpaired) electrons. The molecule has 0 amide bonds. The fraction of sp³-hybridized carbons (Fsp3) is 0.273. The number of thiazole rings is 2. The molecular weight excluding hydrogens is 330 g/mol. The summed E-state index contributed by atoms with van der Waals surface area (Å²) in [5.74, 6) is 0.343. The summed E-state index contributed by atoms with van der Waals surface area (Å²) in [6, 6.07) is 0. The lowest BCUT2D eigenvalue weighted by Crippen LogP contribution is -2.25. The van der Waals surface area contributed by atoms with Crippen LogP contribution in [-0.4, -0.2) is 29.8 Å². The second kappa shape index (κ2) is 5.37. The normalized spacial score (nSPS) is 12.1. The van der Waals surface area contributed by atoms with Crippen LogP contribution in [0, 0.1) is 6.92 Å². The average Bonchev–Trinajstić information content (AvgIpc) is 3.10. The number of imidazole rings is 1. The zero-order valence-corrected chi connectivity index (χ0v) is 13.8. The lowest BCUT2D eigenvalue weighted by Gasteiger charge is -2.07. The van der Waals surface area contributed by atoms with Crippen molar-refractivity contribution < 1.29 is 8.42 Å². The van der Waals surface area contributed by atoms with Crippen molar-refractivity contribution >= 4 is 43.5 Å². The van der Waals surface area contributed by atoms with E-state index >= 15 is 0 Å². The molecule has 0 saturated heterocycles. The molecule has 112 valence electrons. The minimum atomic E-state index is -3.68. The van der Waals surface area contributed by atoms with Crippen molar-refractivity contribution in [3.63, 3.8) is 0 Å². The first-order chi connectivity index (χ1) is 10.0. The second-order valence-corrected chi connectivity index (χ2v) is 7.75. The lowest BCUT2D eigenvalue weighted by molar-refractivity contribution is 0.577. The van der Waals surface area contributed by atoms with E-state index < -0.39 is 10.0 Å². The Labute approximate surface area is 129 Å². The van der Waals surface area contributed by atoms with Crippen LogP contribution in [0.5, 0.6) is 0 Å². The molecule has 0 aliphatic carbocycles. The number of rotatable bonds is 5. The molecule has 0 atom stereocenters. The highest BCUT2D eigenvalue weighted by molar-refractivity contribution is 7.89. The highest BCUT2D eigenvalue weighted by Crippen LogP contribution is 2.25. The van der Waals surface area contributed by atoms with E-state index in [4.69, 9.17) is 0 Å². The summed E-state index contributed by atoms with van der Waals surface area (Å²) in [6.45, 7) is 2.08. The molecule has 2 N–H and O–H groups in total. The summed E-state index contributed by atoms with van der Waals surface area (Å²) >= 11 is 2.81. The van der Waals surface area contributed by atoms with E-state index in [9.17, 15) is 8.42 Å². The summed E-state index contributed by atoms with van der Waals surface area (Å²) in [5, 5.41) is 4.76. The number of fused-ring (bicyclic) bond motifs is 1. The molecule has 0 bridgehead atoms. The quantitative estimate of drug-likeness (QED) is 0.736. The van der Waals surface area contributed by atoms with E-state index in [-0.39, 0.29) is 11.6 Å². The monoisotopic (exact) mass is 343 g/mol. The molecule has 0 saturated carbocycles. The van der Waals surface area contributed by atoms with Gasteiger partial charge in [-0.3, -0.25) is 4.40 Å². The molecule has 0 aliphatic rings. The first-order valence-corrected chi connectivity index (χ1v) is 9.29. The maximum atomic E-state index is 12.6. The van der Waals surface area contributed by atoms with Crippen LogP contribution in [0.1, 0.15) is 10.6 Å². The number of nitrogens with zero attached hydrogens (tertiary/aromatic N) is 3. The Hall–Kier alpha value is -1.49. The van der Waals surface area contributed by atoms with Crippen LogP contribution in [0.2, 0.25) is 0 Å². The van der Waals surface area contributed by atoms with Crippen LogP contribution in [0.15, 0.2) is 22.1 Å². The molecular formula is C11H13N5O2S3. The third kappa shape index (κ3) is 2.55. The van der Waals surface area contributed by atoms with E-state index in [1.807, 2.05) is 6.92 Å². The van der Waals surface area contributed by atoms with E-state index in [2.05, 4.69) is 20.0 Å². The molecule has 0 unspecified atom stereocenters. The van der Waals surface area contributed by atoms with Crippen molar-refractivity contribution in [2.75, 3.05) is 12.4 Å². The van der Waals surface area contributed by atoms with Crippen molar-refractivity contribution in [2.45, 2.75) is 18.5 Å². The fourth-order valence-electron chi connectivity index (χ4n) is 1.91. The largest absolute Gasteiger partial charge is 0.371 e. The Morgan fingerprint density at radius 2 is 2.19 bits per heavy atom. The lowest BCUT2D eigenvalue weighted by atomic mass is 10.4. The molecule has 7 nitrogen and oxygen atoms in total. The molecule has 0 fully saturated rings. The van der Waals surface area contributed by atoms with Crippen molar-refractivity contribution in [2.24, 2.45) is 0 Å². The van der Waals surface area contributed by atoms with Crippen LogP contribution >= 0.6 is 22.7 Å². The average molecular weight is 343 g/mol. The number of aromatic nitrogens is 3. The molecule has 21 heavy (non-hydrogen) atoms. The van der Waals surface area contributed by atoms with E-state index in [0.717, 1.165) is 10.6 Å². The van der Waals surface area contributed by atoms with Gasteiger partial charge in [0.1, 0.15) is 0 Å². The van der Waals surface area contributed by atoms with Crippen LogP contribution in [0.4, 0.5) is 5.82 Å². The maximum Gasteiger partial charge on any atom is 0.260 e. The molecule has 0 spiro atoms. The van der Waals surface area contributed by atoms with Gasteiger partial charge in [0, 0.05) is 30.0 Å². The summed E-state index contributed by atoms with van der Waals surface area (Å²) in [4.78, 5) is 9.90. The maximum absolute atomic E-state index is 12.6. The summed E-state index contributed by atoms with van der Waals surface area (Å²) in [7, 11) is -2.02. The molecule has 10 heteroatoms. The van der Waals surface area contributed by atoms with Gasteiger partial charge in [-0.05, 0) is 6.92 Å². The Balaban J connectivity index is 1.96. The zero-order chi connectivity index (χ0) is 15.0. The van der Waals surface area contributed by atoms with Crippen LogP contribution < -0.4 is 10.0 Å². The van der Waals surface area contributed by atoms with E-state index in [1.54, 1.807) is 28.5 Å². The molecule has 3 heterocycles. The summed E-state index contributed by atoms with van der Waals surface area (Å²) in [5.41, 5.74) is 2.54. The first-order valence-electron chi connectivity index (χ1n) is 6.05. The van der Waals surface area contributed by atoms with Crippen molar-refractivity contribution in [1.29, 1.82) is 0 Å². The van der Waals surface area contributed by atoms with Gasteiger partial charge in [-0.25, -0.2) is 23.1 Å². The van der Waals surface area contributed by atoms with Gasteiger partial charge in [0.25, 0.3) is 10.0 Å². The van der Waals surface area contributed by atoms with Crippen LogP contribution in [-0.2, 0) is 16.6 Å². The minimum Gasteiger partial charge on any atom is -0.371 e. The number of hydrogen-bond acceptors (Lipinski definition) is 7. The van der Waals surface area contributed by atoms with Gasteiger partial charge in [-0.2, -0.15) is 0 Å². The van der Waals surface area contributed by atoms with E-state index in [0.29, 0.717) is 10.8 Å². The summed E-state index contributed by atoms with van der Waals surface area (Å²) in [6.07, 6.45) is 1.69. The molecule has 3 aromatic rings. The van der Waals surface area contributed by atoms with Crippen molar-refractivity contribution in [1.82, 2.24) is 19.1 Å². The van der Waals surface area contributed by atoms with Gasteiger partial charge >= 0.3 is 0 Å². The Morgan fingerprint density at radius 3 is 2.86 bits per heavy atom. The Kier molecular flexibility index (Phi) is 3.69. The Bertz CT molecular complexity index is 877. The van der Waals surface area contributed by atoms with Gasteiger partial charge in [0.15, 0.2) is 15.8 Å². The van der Waals surface area contributed by atoms with E-state index in [1.165, 1.54) is 22.7 Å². The highest BCUT2D eigenvalue weighted by Gasteiger charge is 2.25. The molecule has 0 aromatic carbocycles. The van der Waals surface area contributed by atoms with Crippen molar-refractivity contribution in [3.8, 4) is 0 Å². The molecule has 3 aromatic heterocycles. The first kappa shape index (κ1) is 14.4. The number of sulfonamides is 1. The van der Waals surface area contributed by atoms with Gasteiger partial charge in [0.05, 0.1) is 11.2 Å². The standard InChI is InChI=1S/C11H13N5O2S3/c1-7-8(20-6-13-7)5-14-21(17,18)10-9(12-2)15-11-16(10)3-4-19-11/h3-4,6,12,14H,5H2,1-2H3. The second-order valence-electron chi connectivity index (χ2n) is 4.26. The topological polar surface area (TPSA) is 88.4 Å². The predicted molar refractivity (Wildman–Crippen MR) is 83.5 cm³/mol. The fourth-order valence-corrected chi connectivity index (χ4v) is 4.77. The molecule has 3 rings (SSSR count).